The number of hydrogen-bond donors (Lipinski definition) is 1. The Morgan fingerprint density at radius 1 is 1.25 bits per heavy atom. The highest BCUT2D eigenvalue weighted by molar-refractivity contribution is 6.06. The van der Waals surface area contributed by atoms with E-state index in [2.05, 4.69) is 0 Å². The summed E-state index contributed by atoms with van der Waals surface area (Å²) in [4.78, 5) is 34.8. The highest BCUT2D eigenvalue weighted by Gasteiger charge is 2.17. The highest BCUT2D eigenvalue weighted by Crippen LogP contribution is 2.25. The van der Waals surface area contributed by atoms with Gasteiger partial charge >= 0.3 is 11.6 Å². The van der Waals surface area contributed by atoms with Crippen LogP contribution in [0.4, 0.5) is 0 Å². The Hall–Kier alpha value is -2.63. The zero-order chi connectivity index (χ0) is 14.9. The molecule has 0 unspecified atom stereocenters. The van der Waals surface area contributed by atoms with Crippen molar-refractivity contribution in [3.05, 3.63) is 39.7 Å². The lowest BCUT2D eigenvalue weighted by Gasteiger charge is -2.07. The maximum absolute atomic E-state index is 11.8. The summed E-state index contributed by atoms with van der Waals surface area (Å²) in [5.41, 5.74) is -0.921. The zero-order valence-electron chi connectivity index (χ0n) is 10.9. The van der Waals surface area contributed by atoms with Crippen LogP contribution in [0.5, 0.6) is 5.75 Å². The van der Waals surface area contributed by atoms with E-state index in [1.165, 1.54) is 25.1 Å². The third kappa shape index (κ3) is 2.40. The van der Waals surface area contributed by atoms with Crippen LogP contribution in [0.15, 0.2) is 27.4 Å². The van der Waals surface area contributed by atoms with Gasteiger partial charge in [-0.3, -0.25) is 4.79 Å². The van der Waals surface area contributed by atoms with Crippen LogP contribution in [-0.4, -0.2) is 23.5 Å². The van der Waals surface area contributed by atoms with Gasteiger partial charge in [-0.25, -0.2) is 9.59 Å². The summed E-state index contributed by atoms with van der Waals surface area (Å²) in [6.07, 6.45) is 0. The number of Topliss-reactive ketones (excluding diaryl/α,β-unsaturated/α-hetero) is 1. The Kier molecular flexibility index (Phi) is 3.56. The summed E-state index contributed by atoms with van der Waals surface area (Å²) in [6, 6.07) is 3.67. The van der Waals surface area contributed by atoms with Gasteiger partial charge in [0.15, 0.2) is 5.78 Å². The van der Waals surface area contributed by atoms with Crippen molar-refractivity contribution in [2.24, 2.45) is 0 Å². The number of carbonyl (C=O) groups is 2. The van der Waals surface area contributed by atoms with Crippen molar-refractivity contribution < 1.29 is 23.8 Å². The molecule has 20 heavy (non-hydrogen) atoms. The summed E-state index contributed by atoms with van der Waals surface area (Å²) in [7, 11) is 0. The molecular formula is C14H12O6. The maximum Gasteiger partial charge on any atom is 0.347 e. The van der Waals surface area contributed by atoms with Gasteiger partial charge in [-0.2, -0.15) is 0 Å². The van der Waals surface area contributed by atoms with E-state index in [0.717, 1.165) is 0 Å². The Morgan fingerprint density at radius 2 is 1.95 bits per heavy atom. The normalized spacial score (nSPS) is 10.5. The van der Waals surface area contributed by atoms with Gasteiger partial charge in [-0.15, -0.1) is 0 Å². The molecular weight excluding hydrogens is 264 g/mol. The number of ketones is 1. The van der Waals surface area contributed by atoms with Crippen LogP contribution in [-0.2, 0) is 4.74 Å². The third-order valence-electron chi connectivity index (χ3n) is 2.71. The number of carbonyl (C=O) groups excluding carboxylic acids is 2. The lowest BCUT2D eigenvalue weighted by molar-refractivity contribution is 0.0528. The van der Waals surface area contributed by atoms with Crippen molar-refractivity contribution in [2.45, 2.75) is 13.8 Å². The van der Waals surface area contributed by atoms with Crippen LogP contribution < -0.4 is 5.63 Å². The molecule has 0 radical (unpaired) electrons. The van der Waals surface area contributed by atoms with Crippen molar-refractivity contribution in [1.29, 1.82) is 0 Å². The Morgan fingerprint density at radius 3 is 2.55 bits per heavy atom. The molecule has 2 rings (SSSR count). The molecule has 0 saturated heterocycles. The maximum atomic E-state index is 11.8. The van der Waals surface area contributed by atoms with Crippen molar-refractivity contribution in [1.82, 2.24) is 0 Å². The molecule has 0 aliphatic carbocycles. The average molecular weight is 276 g/mol. The monoisotopic (exact) mass is 276 g/mol. The van der Waals surface area contributed by atoms with E-state index in [0.29, 0.717) is 0 Å². The second-order valence-corrected chi connectivity index (χ2v) is 4.13. The van der Waals surface area contributed by atoms with Crippen molar-refractivity contribution in [2.75, 3.05) is 6.61 Å². The molecule has 0 fully saturated rings. The third-order valence-corrected chi connectivity index (χ3v) is 2.71. The molecule has 1 N–H and O–H groups in total. The van der Waals surface area contributed by atoms with Crippen molar-refractivity contribution in [3.8, 4) is 5.75 Å². The Labute approximate surface area is 113 Å². The first kappa shape index (κ1) is 13.8. The first-order valence-corrected chi connectivity index (χ1v) is 5.93. The first-order valence-electron chi connectivity index (χ1n) is 5.93. The van der Waals surface area contributed by atoms with Gasteiger partial charge < -0.3 is 14.3 Å². The fourth-order valence-corrected chi connectivity index (χ4v) is 1.83. The standard InChI is InChI=1S/C14H12O6/c1-3-19-13(17)11-4-8(16)5-12-10(11)6-9(7(2)15)14(18)20-12/h4-6,16H,3H2,1-2H3. The minimum atomic E-state index is -0.814. The fourth-order valence-electron chi connectivity index (χ4n) is 1.83. The molecule has 104 valence electrons. The second kappa shape index (κ2) is 5.16. The van der Waals surface area contributed by atoms with Gasteiger partial charge in [0.2, 0.25) is 0 Å². The number of esters is 1. The minimum absolute atomic E-state index is 0.0167. The average Bonchev–Trinajstić information content (AvgIpc) is 2.36. The molecule has 0 spiro atoms. The van der Waals surface area contributed by atoms with Crippen LogP contribution >= 0.6 is 0 Å². The molecule has 1 heterocycles. The summed E-state index contributed by atoms with van der Waals surface area (Å²) in [6.45, 7) is 3.03. The Balaban J connectivity index is 2.80. The number of phenols is 1. The number of fused-ring (bicyclic) bond motifs is 1. The number of benzene rings is 1. The van der Waals surface area contributed by atoms with Crippen LogP contribution in [0.2, 0.25) is 0 Å². The largest absolute Gasteiger partial charge is 0.508 e. The second-order valence-electron chi connectivity index (χ2n) is 4.13. The molecule has 6 heteroatoms. The number of rotatable bonds is 3. The molecule has 0 bridgehead atoms. The molecule has 1 aromatic carbocycles. The predicted octanol–water partition coefficient (Wildman–Crippen LogP) is 1.88. The fraction of sp³-hybridized carbons (Fsp3) is 0.214. The number of hydrogen-bond acceptors (Lipinski definition) is 6. The van der Waals surface area contributed by atoms with Gasteiger partial charge in [0.25, 0.3) is 0 Å². The van der Waals surface area contributed by atoms with E-state index in [9.17, 15) is 19.5 Å². The van der Waals surface area contributed by atoms with E-state index in [1.54, 1.807) is 6.92 Å². The van der Waals surface area contributed by atoms with Crippen LogP contribution in [0.3, 0.4) is 0 Å². The lowest BCUT2D eigenvalue weighted by Crippen LogP contribution is -2.12. The van der Waals surface area contributed by atoms with Gasteiger partial charge in [0.1, 0.15) is 16.9 Å². The smallest absolute Gasteiger partial charge is 0.347 e. The van der Waals surface area contributed by atoms with Gasteiger partial charge in [0, 0.05) is 11.5 Å². The lowest BCUT2D eigenvalue weighted by atomic mass is 10.1. The van der Waals surface area contributed by atoms with E-state index in [1.807, 2.05) is 0 Å². The van der Waals surface area contributed by atoms with E-state index < -0.39 is 17.4 Å². The number of ether oxygens (including phenoxy) is 1. The predicted molar refractivity (Wildman–Crippen MR) is 70.1 cm³/mol. The Bertz CT molecular complexity index is 756. The zero-order valence-corrected chi connectivity index (χ0v) is 10.9. The van der Waals surface area contributed by atoms with Crippen molar-refractivity contribution >= 4 is 22.7 Å². The molecule has 0 atom stereocenters. The molecule has 0 saturated carbocycles. The highest BCUT2D eigenvalue weighted by atomic mass is 16.5. The van der Waals surface area contributed by atoms with Crippen LogP contribution in [0.1, 0.15) is 34.6 Å². The summed E-state index contributed by atoms with van der Waals surface area (Å²) >= 11 is 0. The number of aromatic hydroxyl groups is 1. The van der Waals surface area contributed by atoms with E-state index in [4.69, 9.17) is 9.15 Å². The van der Waals surface area contributed by atoms with Gasteiger partial charge in [0.05, 0.1) is 12.2 Å². The quantitative estimate of drug-likeness (QED) is 0.522. The van der Waals surface area contributed by atoms with E-state index in [-0.39, 0.29) is 34.5 Å². The van der Waals surface area contributed by atoms with Crippen molar-refractivity contribution in [3.63, 3.8) is 0 Å². The summed E-state index contributed by atoms with van der Waals surface area (Å²) < 4.78 is 9.83. The summed E-state index contributed by atoms with van der Waals surface area (Å²) in [5, 5.41) is 9.80. The van der Waals surface area contributed by atoms with Crippen LogP contribution in [0, 0.1) is 0 Å². The molecule has 0 aliphatic rings. The van der Waals surface area contributed by atoms with Gasteiger partial charge in [-0.1, -0.05) is 0 Å². The molecule has 6 nitrogen and oxygen atoms in total. The van der Waals surface area contributed by atoms with Gasteiger partial charge in [-0.05, 0) is 26.0 Å². The van der Waals surface area contributed by atoms with Crippen LogP contribution in [0.25, 0.3) is 11.0 Å². The molecule has 1 aromatic heterocycles. The molecule has 0 amide bonds. The number of phenolic OH excluding ortho intramolecular Hbond substituents is 1. The SMILES string of the molecule is CCOC(=O)c1cc(O)cc2oc(=O)c(C(C)=O)cc12. The molecule has 2 aromatic rings. The minimum Gasteiger partial charge on any atom is -0.508 e. The first-order chi connectivity index (χ1) is 9.43. The molecule has 0 aliphatic heterocycles. The van der Waals surface area contributed by atoms with E-state index >= 15 is 0 Å². The topological polar surface area (TPSA) is 93.8 Å². The summed E-state index contributed by atoms with van der Waals surface area (Å²) in [5.74, 6) is -1.38.